The maximum atomic E-state index is 11.5. The summed E-state index contributed by atoms with van der Waals surface area (Å²) in [5.74, 6) is -1.05. The van der Waals surface area contributed by atoms with Gasteiger partial charge in [0.25, 0.3) is 0 Å². The predicted octanol–water partition coefficient (Wildman–Crippen LogP) is 1.21. The molecule has 0 saturated carbocycles. The van der Waals surface area contributed by atoms with Crippen molar-refractivity contribution >= 4 is 12.0 Å². The lowest BCUT2D eigenvalue weighted by Crippen LogP contribution is -2.52. The van der Waals surface area contributed by atoms with Crippen LogP contribution in [0.15, 0.2) is 0 Å². The number of amides is 2. The third kappa shape index (κ3) is 7.11. The highest BCUT2D eigenvalue weighted by molar-refractivity contribution is 5.83. The van der Waals surface area contributed by atoms with E-state index in [1.807, 2.05) is 13.8 Å². The third-order valence-corrected chi connectivity index (χ3v) is 2.23. The summed E-state index contributed by atoms with van der Waals surface area (Å²) in [4.78, 5) is 22.5. The van der Waals surface area contributed by atoms with Crippen LogP contribution in [0.1, 0.15) is 34.6 Å². The maximum Gasteiger partial charge on any atom is 0.326 e. The van der Waals surface area contributed by atoms with Gasteiger partial charge in [-0.3, -0.25) is 0 Å². The van der Waals surface area contributed by atoms with Crippen LogP contribution in [0.4, 0.5) is 4.79 Å². The van der Waals surface area contributed by atoms with Crippen LogP contribution in [-0.2, 0) is 9.53 Å². The Morgan fingerprint density at radius 2 is 1.83 bits per heavy atom. The van der Waals surface area contributed by atoms with Crippen LogP contribution < -0.4 is 10.6 Å². The third-order valence-electron chi connectivity index (χ3n) is 2.23. The van der Waals surface area contributed by atoms with Gasteiger partial charge in [-0.2, -0.15) is 0 Å². The molecule has 3 N–H and O–H groups in total. The molecule has 0 heterocycles. The van der Waals surface area contributed by atoms with Crippen molar-refractivity contribution in [1.29, 1.82) is 0 Å². The summed E-state index contributed by atoms with van der Waals surface area (Å²) in [5.41, 5.74) is -0.544. The minimum absolute atomic E-state index is 0.108. The van der Waals surface area contributed by atoms with Crippen LogP contribution in [0.2, 0.25) is 0 Å². The van der Waals surface area contributed by atoms with Gasteiger partial charge < -0.3 is 20.5 Å². The molecule has 6 heteroatoms. The fourth-order valence-electron chi connectivity index (χ4n) is 1.29. The number of carbonyl (C=O) groups is 2. The van der Waals surface area contributed by atoms with Gasteiger partial charge in [-0.1, -0.05) is 20.8 Å². The summed E-state index contributed by atoms with van der Waals surface area (Å²) in [7, 11) is 0. The molecule has 0 aliphatic carbocycles. The van der Waals surface area contributed by atoms with Crippen LogP contribution in [0.3, 0.4) is 0 Å². The number of hydrogen-bond acceptors (Lipinski definition) is 3. The number of aliphatic carboxylic acids is 1. The quantitative estimate of drug-likeness (QED) is 0.626. The Bertz CT molecular complexity index is 284. The van der Waals surface area contributed by atoms with E-state index in [0.717, 1.165) is 0 Å². The number of urea groups is 1. The zero-order valence-electron chi connectivity index (χ0n) is 11.7. The second kappa shape index (κ2) is 7.20. The van der Waals surface area contributed by atoms with Crippen molar-refractivity contribution in [3.05, 3.63) is 0 Å². The molecule has 0 radical (unpaired) electrons. The molecule has 2 amide bonds. The first-order valence-electron chi connectivity index (χ1n) is 6.03. The maximum absolute atomic E-state index is 11.5. The average Bonchev–Trinajstić information content (AvgIpc) is 2.18. The lowest BCUT2D eigenvalue weighted by atomic mass is 9.87. The van der Waals surface area contributed by atoms with Gasteiger partial charge in [0.05, 0.1) is 12.7 Å². The molecule has 6 nitrogen and oxygen atoms in total. The minimum atomic E-state index is -1.05. The summed E-state index contributed by atoms with van der Waals surface area (Å²) in [6, 6.07) is -1.42. The van der Waals surface area contributed by atoms with Gasteiger partial charge in [0, 0.05) is 6.54 Å². The van der Waals surface area contributed by atoms with Gasteiger partial charge in [-0.05, 0) is 19.3 Å². The molecule has 0 aromatic carbocycles. The van der Waals surface area contributed by atoms with E-state index in [9.17, 15) is 9.59 Å². The molecule has 1 atom stereocenters. The Morgan fingerprint density at radius 1 is 1.28 bits per heavy atom. The van der Waals surface area contributed by atoms with E-state index in [1.165, 1.54) is 0 Å². The van der Waals surface area contributed by atoms with Gasteiger partial charge >= 0.3 is 12.0 Å². The fraction of sp³-hybridized carbons (Fsp3) is 0.833. The first-order chi connectivity index (χ1) is 8.14. The van der Waals surface area contributed by atoms with Gasteiger partial charge in [0.1, 0.15) is 6.04 Å². The van der Waals surface area contributed by atoms with E-state index >= 15 is 0 Å². The SMILES string of the molecule is CC(C)OCCNC(=O)NC(C(=O)O)C(C)(C)C. The van der Waals surface area contributed by atoms with E-state index in [-0.39, 0.29) is 6.10 Å². The molecule has 0 aliphatic heterocycles. The van der Waals surface area contributed by atoms with E-state index in [0.29, 0.717) is 13.2 Å². The Kier molecular flexibility index (Phi) is 6.68. The molecule has 0 aromatic rings. The van der Waals surface area contributed by atoms with E-state index in [4.69, 9.17) is 9.84 Å². The smallest absolute Gasteiger partial charge is 0.326 e. The largest absolute Gasteiger partial charge is 0.480 e. The van der Waals surface area contributed by atoms with Gasteiger partial charge in [0.15, 0.2) is 0 Å². The molecule has 18 heavy (non-hydrogen) atoms. The number of carboxylic acids is 1. The molecule has 106 valence electrons. The molecule has 0 fully saturated rings. The lowest BCUT2D eigenvalue weighted by molar-refractivity contribution is -0.141. The normalized spacial score (nSPS) is 13.2. The zero-order chi connectivity index (χ0) is 14.3. The Hall–Kier alpha value is -1.30. The second-order valence-corrected chi connectivity index (χ2v) is 5.46. The predicted molar refractivity (Wildman–Crippen MR) is 68.5 cm³/mol. The highest BCUT2D eigenvalue weighted by Gasteiger charge is 2.32. The van der Waals surface area contributed by atoms with Gasteiger partial charge in [-0.25, -0.2) is 9.59 Å². The summed E-state index contributed by atoms with van der Waals surface area (Å²) in [5, 5.41) is 14.0. The number of carboxylic acid groups (broad SMARTS) is 1. The number of carbonyl (C=O) groups excluding carboxylic acids is 1. The monoisotopic (exact) mass is 260 g/mol. The Labute approximate surface area is 108 Å². The van der Waals surface area contributed by atoms with Crippen LogP contribution >= 0.6 is 0 Å². The molecule has 0 aromatic heterocycles. The molecule has 0 bridgehead atoms. The van der Waals surface area contributed by atoms with Crippen LogP contribution in [-0.4, -0.2) is 42.4 Å². The summed E-state index contributed by atoms with van der Waals surface area (Å²) >= 11 is 0. The lowest BCUT2D eigenvalue weighted by Gasteiger charge is -2.27. The second-order valence-electron chi connectivity index (χ2n) is 5.46. The highest BCUT2D eigenvalue weighted by Crippen LogP contribution is 2.19. The van der Waals surface area contributed by atoms with Crippen molar-refractivity contribution in [2.24, 2.45) is 5.41 Å². The molecule has 0 spiro atoms. The van der Waals surface area contributed by atoms with Gasteiger partial charge in [-0.15, -0.1) is 0 Å². The van der Waals surface area contributed by atoms with Crippen molar-refractivity contribution in [1.82, 2.24) is 10.6 Å². The standard InChI is InChI=1S/C12H24N2O4/c1-8(2)18-7-6-13-11(17)14-9(10(15)16)12(3,4)5/h8-9H,6-7H2,1-5H3,(H,15,16)(H2,13,14,17). The topological polar surface area (TPSA) is 87.7 Å². The van der Waals surface area contributed by atoms with Crippen LogP contribution in [0.5, 0.6) is 0 Å². The van der Waals surface area contributed by atoms with Crippen molar-refractivity contribution in [3.8, 4) is 0 Å². The van der Waals surface area contributed by atoms with Crippen LogP contribution in [0.25, 0.3) is 0 Å². The summed E-state index contributed by atoms with van der Waals surface area (Å²) in [6.45, 7) is 9.83. The number of hydrogen-bond donors (Lipinski definition) is 3. The summed E-state index contributed by atoms with van der Waals surface area (Å²) < 4.78 is 5.25. The van der Waals surface area contributed by atoms with Crippen LogP contribution in [0, 0.1) is 5.41 Å². The number of rotatable bonds is 6. The average molecular weight is 260 g/mol. The van der Waals surface area contributed by atoms with Gasteiger partial charge in [0.2, 0.25) is 0 Å². The van der Waals surface area contributed by atoms with Crippen molar-refractivity contribution in [3.63, 3.8) is 0 Å². The molecular weight excluding hydrogens is 236 g/mol. The molecular formula is C12H24N2O4. The van der Waals surface area contributed by atoms with E-state index in [2.05, 4.69) is 10.6 Å². The fourth-order valence-corrected chi connectivity index (χ4v) is 1.29. The van der Waals surface area contributed by atoms with Crippen molar-refractivity contribution in [2.45, 2.75) is 46.8 Å². The Balaban J connectivity index is 4.09. The Morgan fingerprint density at radius 3 is 2.22 bits per heavy atom. The number of ether oxygens (including phenoxy) is 1. The summed E-state index contributed by atoms with van der Waals surface area (Å²) in [6.07, 6.45) is 0.108. The first kappa shape index (κ1) is 16.7. The van der Waals surface area contributed by atoms with E-state index in [1.54, 1.807) is 20.8 Å². The van der Waals surface area contributed by atoms with E-state index < -0.39 is 23.5 Å². The number of nitrogens with one attached hydrogen (secondary N) is 2. The minimum Gasteiger partial charge on any atom is -0.480 e. The molecule has 0 rings (SSSR count). The molecule has 1 unspecified atom stereocenters. The van der Waals surface area contributed by atoms with Crippen molar-refractivity contribution in [2.75, 3.05) is 13.2 Å². The zero-order valence-corrected chi connectivity index (χ0v) is 11.7. The highest BCUT2D eigenvalue weighted by atomic mass is 16.5. The molecule has 0 aliphatic rings. The van der Waals surface area contributed by atoms with Crippen molar-refractivity contribution < 1.29 is 19.4 Å². The first-order valence-corrected chi connectivity index (χ1v) is 6.03. The molecule has 0 saturated heterocycles.